The summed E-state index contributed by atoms with van der Waals surface area (Å²) < 4.78 is 18.8. The van der Waals surface area contributed by atoms with Crippen molar-refractivity contribution < 1.29 is 14.0 Å². The van der Waals surface area contributed by atoms with Gasteiger partial charge in [-0.3, -0.25) is 4.98 Å². The molecular weight excluding hydrogens is 372 g/mol. The molecule has 0 saturated heterocycles. The van der Waals surface area contributed by atoms with E-state index in [9.17, 15) is 0 Å². The largest absolute Gasteiger partial charge is 0.494 e. The number of rotatable bonds is 5. The van der Waals surface area contributed by atoms with Crippen molar-refractivity contribution in [2.45, 2.75) is 26.2 Å². The van der Waals surface area contributed by atoms with Crippen LogP contribution in [0.2, 0.25) is 0 Å². The van der Waals surface area contributed by atoms with Gasteiger partial charge in [0.05, 0.1) is 25.5 Å². The van der Waals surface area contributed by atoms with Gasteiger partial charge in [-0.1, -0.05) is 28.6 Å². The van der Waals surface area contributed by atoms with Gasteiger partial charge in [0.25, 0.3) is 5.89 Å². The van der Waals surface area contributed by atoms with Gasteiger partial charge >= 0.3 is 0 Å². The molecule has 9 nitrogen and oxygen atoms in total. The van der Waals surface area contributed by atoms with E-state index >= 15 is 0 Å². The second kappa shape index (κ2) is 7.44. The molecule has 0 N–H and O–H groups in total. The van der Waals surface area contributed by atoms with Crippen molar-refractivity contribution in [2.75, 3.05) is 6.61 Å². The van der Waals surface area contributed by atoms with Crippen LogP contribution in [0.5, 0.6) is 5.75 Å². The third-order valence-corrected chi connectivity index (χ3v) is 4.68. The number of hydrogen-bond acceptors (Lipinski definition) is 8. The fourth-order valence-corrected chi connectivity index (χ4v) is 3.24. The average Bonchev–Trinajstić information content (AvgIpc) is 3.42. The molecule has 0 saturated carbocycles. The Morgan fingerprint density at radius 1 is 1.17 bits per heavy atom. The highest BCUT2D eigenvalue weighted by molar-refractivity contribution is 5.55. The quantitative estimate of drug-likeness (QED) is 0.512. The third-order valence-electron chi connectivity index (χ3n) is 4.68. The fourth-order valence-electron chi connectivity index (χ4n) is 3.24. The summed E-state index contributed by atoms with van der Waals surface area (Å²) in [7, 11) is 0. The maximum atomic E-state index is 6.06. The molecule has 1 atom stereocenters. The number of hydrogen-bond donors (Lipinski definition) is 0. The van der Waals surface area contributed by atoms with Gasteiger partial charge < -0.3 is 14.0 Å². The Morgan fingerprint density at radius 2 is 2.07 bits per heavy atom. The molecule has 9 heteroatoms. The summed E-state index contributed by atoms with van der Waals surface area (Å²) in [6.07, 6.45) is 1.57. The summed E-state index contributed by atoms with van der Waals surface area (Å²) in [6, 6.07) is 13.4. The second-order valence-corrected chi connectivity index (χ2v) is 6.51. The van der Waals surface area contributed by atoms with Crippen LogP contribution in [0, 0.1) is 0 Å². The van der Waals surface area contributed by atoms with Crippen LogP contribution in [0.15, 0.2) is 53.2 Å². The lowest BCUT2D eigenvalue weighted by Gasteiger charge is -2.24. The maximum absolute atomic E-state index is 6.06. The second-order valence-electron chi connectivity index (χ2n) is 6.51. The molecule has 1 aliphatic heterocycles. The zero-order chi connectivity index (χ0) is 19.6. The smallest absolute Gasteiger partial charge is 0.280 e. The molecule has 3 aromatic heterocycles. The lowest BCUT2D eigenvalue weighted by Crippen LogP contribution is -2.22. The van der Waals surface area contributed by atoms with Crippen LogP contribution in [-0.4, -0.2) is 36.7 Å². The van der Waals surface area contributed by atoms with Crippen molar-refractivity contribution in [3.63, 3.8) is 0 Å². The first-order valence-corrected chi connectivity index (χ1v) is 9.34. The van der Waals surface area contributed by atoms with E-state index in [0.717, 1.165) is 17.0 Å². The molecule has 0 bridgehead atoms. The Labute approximate surface area is 166 Å². The monoisotopic (exact) mass is 390 g/mol. The normalized spacial score (nSPS) is 15.8. The summed E-state index contributed by atoms with van der Waals surface area (Å²) in [6.45, 7) is 3.51. The topological polar surface area (TPSA) is 101 Å². The van der Waals surface area contributed by atoms with E-state index in [1.807, 2.05) is 54.1 Å². The predicted octanol–water partition coefficient (Wildman–Crippen LogP) is 3.06. The van der Waals surface area contributed by atoms with E-state index in [1.54, 1.807) is 6.20 Å². The van der Waals surface area contributed by atoms with E-state index < -0.39 is 0 Å². The molecule has 4 aromatic rings. The van der Waals surface area contributed by atoms with Crippen LogP contribution in [0.4, 0.5) is 0 Å². The highest BCUT2D eigenvalue weighted by Gasteiger charge is 2.28. The summed E-state index contributed by atoms with van der Waals surface area (Å²) in [5.41, 5.74) is 3.04. The Hall–Kier alpha value is -3.59. The number of benzene rings is 1. The number of aromatic nitrogens is 6. The molecule has 1 aromatic carbocycles. The van der Waals surface area contributed by atoms with E-state index in [2.05, 4.69) is 25.4 Å². The van der Waals surface area contributed by atoms with E-state index in [0.29, 0.717) is 42.9 Å². The Kier molecular flexibility index (Phi) is 4.49. The Bertz CT molecular complexity index is 1110. The molecule has 5 rings (SSSR count). The highest BCUT2D eigenvalue weighted by Crippen LogP contribution is 2.31. The number of fused-ring (bicyclic) bond motifs is 1. The van der Waals surface area contributed by atoms with Gasteiger partial charge in [0.15, 0.2) is 5.69 Å². The first-order valence-electron chi connectivity index (χ1n) is 9.34. The van der Waals surface area contributed by atoms with Crippen LogP contribution in [0.3, 0.4) is 0 Å². The number of ether oxygens (including phenoxy) is 2. The molecule has 4 heterocycles. The van der Waals surface area contributed by atoms with Gasteiger partial charge in [0.2, 0.25) is 5.82 Å². The average molecular weight is 390 g/mol. The van der Waals surface area contributed by atoms with Gasteiger partial charge in [-0.15, -0.1) is 5.10 Å². The summed E-state index contributed by atoms with van der Waals surface area (Å²) >= 11 is 0. The minimum atomic E-state index is -0.112. The first kappa shape index (κ1) is 17.5. The molecule has 0 fully saturated rings. The first-order chi connectivity index (χ1) is 14.3. The Balaban J connectivity index is 1.36. The molecule has 29 heavy (non-hydrogen) atoms. The van der Waals surface area contributed by atoms with E-state index in [4.69, 9.17) is 14.0 Å². The lowest BCUT2D eigenvalue weighted by molar-refractivity contribution is -0.00119. The van der Waals surface area contributed by atoms with Crippen molar-refractivity contribution in [1.82, 2.24) is 30.1 Å². The van der Waals surface area contributed by atoms with Crippen LogP contribution in [0.25, 0.3) is 23.1 Å². The van der Waals surface area contributed by atoms with Crippen LogP contribution >= 0.6 is 0 Å². The van der Waals surface area contributed by atoms with Gasteiger partial charge in [-0.25, -0.2) is 4.68 Å². The van der Waals surface area contributed by atoms with Crippen LogP contribution in [0.1, 0.15) is 24.3 Å². The maximum Gasteiger partial charge on any atom is 0.280 e. The number of nitrogens with zero attached hydrogens (tertiary/aromatic N) is 6. The molecule has 1 aliphatic rings. The molecule has 0 spiro atoms. The van der Waals surface area contributed by atoms with Crippen molar-refractivity contribution in [3.8, 4) is 28.9 Å². The predicted molar refractivity (Wildman–Crippen MR) is 102 cm³/mol. The van der Waals surface area contributed by atoms with Gasteiger partial charge in [-0.05, 0) is 36.8 Å². The van der Waals surface area contributed by atoms with Crippen molar-refractivity contribution >= 4 is 0 Å². The lowest BCUT2D eigenvalue weighted by atomic mass is 10.1. The van der Waals surface area contributed by atoms with E-state index in [1.165, 1.54) is 0 Å². The minimum absolute atomic E-state index is 0.112. The number of pyridine rings is 1. The van der Waals surface area contributed by atoms with E-state index in [-0.39, 0.29) is 6.10 Å². The fraction of sp³-hybridized carbons (Fsp3) is 0.250. The summed E-state index contributed by atoms with van der Waals surface area (Å²) in [4.78, 5) is 8.64. The molecule has 0 radical (unpaired) electrons. The van der Waals surface area contributed by atoms with Gasteiger partial charge in [-0.2, -0.15) is 4.98 Å². The zero-order valence-corrected chi connectivity index (χ0v) is 15.7. The van der Waals surface area contributed by atoms with Crippen molar-refractivity contribution in [3.05, 3.63) is 59.9 Å². The van der Waals surface area contributed by atoms with Crippen molar-refractivity contribution in [2.24, 2.45) is 0 Å². The summed E-state index contributed by atoms with van der Waals surface area (Å²) in [5, 5.41) is 12.5. The van der Waals surface area contributed by atoms with Gasteiger partial charge in [0.1, 0.15) is 17.5 Å². The molecule has 0 amide bonds. The van der Waals surface area contributed by atoms with Crippen molar-refractivity contribution in [1.29, 1.82) is 0 Å². The van der Waals surface area contributed by atoms with Gasteiger partial charge in [0, 0.05) is 6.20 Å². The van der Waals surface area contributed by atoms with Crippen LogP contribution in [-0.2, 0) is 17.9 Å². The molecular formula is C20H18N6O3. The summed E-state index contributed by atoms with van der Waals surface area (Å²) in [5.74, 6) is 1.55. The van der Waals surface area contributed by atoms with Crippen LogP contribution < -0.4 is 4.74 Å². The zero-order valence-electron chi connectivity index (χ0n) is 15.7. The standard InChI is InChI=1S/C20H18N6O3/c1-2-27-14-8-6-13(7-9-14)17-11-26-16(12-28-17)18(23-25-26)20-22-19(24-29-20)15-5-3-4-10-21-15/h3-10,17H,2,11-12H2,1H3/t17-/m0/s1. The molecule has 146 valence electrons. The highest BCUT2D eigenvalue weighted by atomic mass is 16.5. The molecule has 0 unspecified atom stereocenters. The third kappa shape index (κ3) is 3.36. The Morgan fingerprint density at radius 3 is 2.86 bits per heavy atom. The SMILES string of the molecule is CCOc1ccc([C@@H]2Cn3nnc(-c4nc(-c5ccccn5)no4)c3CO2)cc1. The molecule has 0 aliphatic carbocycles. The minimum Gasteiger partial charge on any atom is -0.494 e.